The van der Waals surface area contributed by atoms with E-state index in [2.05, 4.69) is 22.4 Å². The van der Waals surface area contributed by atoms with E-state index in [-0.39, 0.29) is 5.91 Å². The van der Waals surface area contributed by atoms with E-state index in [0.29, 0.717) is 15.7 Å². The second kappa shape index (κ2) is 5.65. The largest absolute Gasteiger partial charge is 0.298 e. The van der Waals surface area contributed by atoms with E-state index < -0.39 is 0 Å². The number of halogens is 1. The quantitative estimate of drug-likeness (QED) is 0.535. The van der Waals surface area contributed by atoms with Crippen molar-refractivity contribution in [3.8, 4) is 0 Å². The first-order valence-corrected chi connectivity index (χ1v) is 8.25. The first-order chi connectivity index (χ1) is 11.2. The number of amides is 1. The fourth-order valence-electron chi connectivity index (χ4n) is 2.48. The summed E-state index contributed by atoms with van der Waals surface area (Å²) in [6, 6.07) is 19.0. The number of hydrogen-bond donors (Lipinski definition) is 1. The summed E-state index contributed by atoms with van der Waals surface area (Å²) in [5, 5.41) is 6.37. The summed E-state index contributed by atoms with van der Waals surface area (Å²) in [4.78, 5) is 16.8. The van der Waals surface area contributed by atoms with Gasteiger partial charge in [0, 0.05) is 16.0 Å². The number of carbonyl (C=O) groups excluding carboxylic acids is 1. The molecule has 0 aliphatic carbocycles. The van der Waals surface area contributed by atoms with Crippen LogP contribution in [0.15, 0.2) is 60.7 Å². The number of anilines is 1. The lowest BCUT2D eigenvalue weighted by Gasteiger charge is -2.01. The molecule has 112 valence electrons. The molecule has 1 N–H and O–H groups in total. The Kier molecular flexibility index (Phi) is 3.48. The Balaban J connectivity index is 1.70. The molecule has 0 fully saturated rings. The minimum atomic E-state index is -0.190. The van der Waals surface area contributed by atoms with E-state index >= 15 is 0 Å². The third-order valence-electron chi connectivity index (χ3n) is 3.61. The average Bonchev–Trinajstić information content (AvgIpc) is 2.98. The summed E-state index contributed by atoms with van der Waals surface area (Å²) < 4.78 is 1.08. The van der Waals surface area contributed by atoms with Gasteiger partial charge in [0.1, 0.15) is 0 Å². The van der Waals surface area contributed by atoms with Gasteiger partial charge in [-0.1, -0.05) is 53.3 Å². The van der Waals surface area contributed by atoms with Gasteiger partial charge in [0.25, 0.3) is 5.91 Å². The molecule has 0 saturated heterocycles. The molecule has 5 heteroatoms. The van der Waals surface area contributed by atoms with Crippen LogP contribution in [0.25, 0.3) is 21.0 Å². The summed E-state index contributed by atoms with van der Waals surface area (Å²) in [6.45, 7) is 0. The lowest BCUT2D eigenvalue weighted by atomic mass is 10.1. The maximum atomic E-state index is 12.3. The van der Waals surface area contributed by atoms with Crippen LogP contribution in [-0.4, -0.2) is 10.9 Å². The van der Waals surface area contributed by atoms with Crippen LogP contribution in [0.3, 0.4) is 0 Å². The van der Waals surface area contributed by atoms with Crippen LogP contribution < -0.4 is 5.32 Å². The van der Waals surface area contributed by atoms with E-state index in [1.54, 1.807) is 24.3 Å². The molecule has 0 bridgehead atoms. The van der Waals surface area contributed by atoms with Gasteiger partial charge in [0.2, 0.25) is 0 Å². The fourth-order valence-corrected chi connectivity index (χ4v) is 3.60. The highest BCUT2D eigenvalue weighted by Crippen LogP contribution is 2.32. The Morgan fingerprint density at radius 3 is 2.61 bits per heavy atom. The van der Waals surface area contributed by atoms with Crippen molar-refractivity contribution in [2.45, 2.75) is 0 Å². The number of aromatic nitrogens is 1. The van der Waals surface area contributed by atoms with E-state index in [9.17, 15) is 4.79 Å². The molecule has 3 aromatic carbocycles. The molecule has 1 amide bonds. The number of nitrogens with zero attached hydrogens (tertiary/aromatic N) is 1. The van der Waals surface area contributed by atoms with Crippen LogP contribution in [0.5, 0.6) is 0 Å². The lowest BCUT2D eigenvalue weighted by Crippen LogP contribution is -2.11. The van der Waals surface area contributed by atoms with E-state index in [1.165, 1.54) is 16.7 Å². The molecular formula is C18H11ClN2OS. The highest BCUT2D eigenvalue weighted by atomic mass is 35.5. The zero-order chi connectivity index (χ0) is 15.8. The topological polar surface area (TPSA) is 42.0 Å². The Labute approximate surface area is 141 Å². The lowest BCUT2D eigenvalue weighted by molar-refractivity contribution is 0.102. The molecular weight excluding hydrogens is 328 g/mol. The smallest absolute Gasteiger partial charge is 0.257 e. The number of thiazole rings is 1. The zero-order valence-corrected chi connectivity index (χ0v) is 13.5. The van der Waals surface area contributed by atoms with Gasteiger partial charge < -0.3 is 0 Å². The minimum absolute atomic E-state index is 0.190. The monoisotopic (exact) mass is 338 g/mol. The van der Waals surface area contributed by atoms with Crippen LogP contribution in [0.2, 0.25) is 5.02 Å². The number of carbonyl (C=O) groups is 1. The predicted molar refractivity (Wildman–Crippen MR) is 96.5 cm³/mol. The van der Waals surface area contributed by atoms with Gasteiger partial charge >= 0.3 is 0 Å². The molecule has 23 heavy (non-hydrogen) atoms. The van der Waals surface area contributed by atoms with Crippen molar-refractivity contribution in [3.05, 3.63) is 71.2 Å². The van der Waals surface area contributed by atoms with Crippen molar-refractivity contribution in [3.63, 3.8) is 0 Å². The molecule has 4 aromatic rings. The van der Waals surface area contributed by atoms with Crippen LogP contribution >= 0.6 is 22.9 Å². The van der Waals surface area contributed by atoms with Gasteiger partial charge in [0.05, 0.1) is 10.2 Å². The van der Waals surface area contributed by atoms with E-state index in [1.807, 2.05) is 24.3 Å². The standard InChI is InChI=1S/C18H11ClN2OS/c19-13-8-5-12(6-9-13)17(22)21-18-20-15-10-7-11-3-1-2-4-14(11)16(15)23-18/h1-10H,(H,20,21,22). The molecule has 0 unspecified atom stereocenters. The highest BCUT2D eigenvalue weighted by Gasteiger charge is 2.11. The van der Waals surface area contributed by atoms with Crippen molar-refractivity contribution in [1.29, 1.82) is 0 Å². The van der Waals surface area contributed by atoms with Crippen molar-refractivity contribution in [2.75, 3.05) is 5.32 Å². The Morgan fingerprint density at radius 2 is 1.78 bits per heavy atom. The molecule has 4 rings (SSSR count). The zero-order valence-electron chi connectivity index (χ0n) is 11.9. The number of benzene rings is 3. The SMILES string of the molecule is O=C(Nc1nc2ccc3ccccc3c2s1)c1ccc(Cl)cc1. The van der Waals surface area contributed by atoms with Crippen molar-refractivity contribution in [1.82, 2.24) is 4.98 Å². The molecule has 0 saturated carbocycles. The number of fused-ring (bicyclic) bond motifs is 3. The molecule has 0 aliphatic rings. The van der Waals surface area contributed by atoms with Gasteiger partial charge in [-0.2, -0.15) is 0 Å². The summed E-state index contributed by atoms with van der Waals surface area (Å²) >= 11 is 7.33. The first-order valence-electron chi connectivity index (χ1n) is 7.06. The average molecular weight is 339 g/mol. The van der Waals surface area contributed by atoms with Crippen LogP contribution in [0.1, 0.15) is 10.4 Å². The molecule has 0 atom stereocenters. The summed E-state index contributed by atoms with van der Waals surface area (Å²) in [5.41, 5.74) is 1.44. The Bertz CT molecular complexity index is 1020. The summed E-state index contributed by atoms with van der Waals surface area (Å²) in [5.74, 6) is -0.190. The second-order valence-electron chi connectivity index (χ2n) is 5.11. The number of nitrogens with one attached hydrogen (secondary N) is 1. The van der Waals surface area contributed by atoms with Crippen molar-refractivity contribution < 1.29 is 4.79 Å². The fraction of sp³-hybridized carbons (Fsp3) is 0. The first kappa shape index (κ1) is 14.2. The Hall–Kier alpha value is -2.43. The third-order valence-corrected chi connectivity index (χ3v) is 4.88. The van der Waals surface area contributed by atoms with E-state index in [4.69, 9.17) is 11.6 Å². The van der Waals surface area contributed by atoms with Gasteiger partial charge in [-0.25, -0.2) is 4.98 Å². The Morgan fingerprint density at radius 1 is 1.00 bits per heavy atom. The van der Waals surface area contributed by atoms with Crippen LogP contribution in [-0.2, 0) is 0 Å². The van der Waals surface area contributed by atoms with Gasteiger partial charge in [-0.15, -0.1) is 0 Å². The molecule has 0 radical (unpaired) electrons. The maximum absolute atomic E-state index is 12.3. The molecule has 0 aliphatic heterocycles. The molecule has 1 aromatic heterocycles. The summed E-state index contributed by atoms with van der Waals surface area (Å²) in [7, 11) is 0. The van der Waals surface area contributed by atoms with E-state index in [0.717, 1.165) is 15.6 Å². The summed E-state index contributed by atoms with van der Waals surface area (Å²) in [6.07, 6.45) is 0. The van der Waals surface area contributed by atoms with Crippen LogP contribution in [0.4, 0.5) is 5.13 Å². The van der Waals surface area contributed by atoms with Crippen LogP contribution in [0, 0.1) is 0 Å². The molecule has 3 nitrogen and oxygen atoms in total. The van der Waals surface area contributed by atoms with Gasteiger partial charge in [-0.3, -0.25) is 10.1 Å². The maximum Gasteiger partial charge on any atom is 0.257 e. The number of hydrogen-bond acceptors (Lipinski definition) is 3. The van der Waals surface area contributed by atoms with Crippen molar-refractivity contribution >= 4 is 55.0 Å². The molecule has 0 spiro atoms. The number of rotatable bonds is 2. The minimum Gasteiger partial charge on any atom is -0.298 e. The predicted octanol–water partition coefficient (Wildman–Crippen LogP) is 5.36. The second-order valence-corrected chi connectivity index (χ2v) is 6.55. The van der Waals surface area contributed by atoms with Gasteiger partial charge in [0.15, 0.2) is 5.13 Å². The van der Waals surface area contributed by atoms with Crippen molar-refractivity contribution in [2.24, 2.45) is 0 Å². The molecule has 1 heterocycles. The highest BCUT2D eigenvalue weighted by molar-refractivity contribution is 7.23. The van der Waals surface area contributed by atoms with Gasteiger partial charge in [-0.05, 0) is 35.7 Å². The third kappa shape index (κ3) is 2.67. The normalized spacial score (nSPS) is 11.0.